The highest BCUT2D eigenvalue weighted by molar-refractivity contribution is 6.04. The van der Waals surface area contributed by atoms with Gasteiger partial charge in [-0.3, -0.25) is 4.79 Å². The lowest BCUT2D eigenvalue weighted by molar-refractivity contribution is 0.104. The molecule has 0 aliphatic rings. The van der Waals surface area contributed by atoms with Gasteiger partial charge in [0, 0.05) is 5.56 Å². The zero-order chi connectivity index (χ0) is 10.6. The van der Waals surface area contributed by atoms with Gasteiger partial charge in [-0.1, -0.05) is 6.08 Å². The number of ketones is 1. The third kappa shape index (κ3) is 2.22. The number of hydrogen-bond acceptors (Lipinski definition) is 2. The minimum absolute atomic E-state index is 0.0262. The van der Waals surface area contributed by atoms with E-state index in [2.05, 4.69) is 0 Å². The van der Waals surface area contributed by atoms with Crippen LogP contribution in [0.2, 0.25) is 0 Å². The third-order valence-electron chi connectivity index (χ3n) is 2.00. The molecule has 0 spiro atoms. The van der Waals surface area contributed by atoms with Crippen molar-refractivity contribution in [3.63, 3.8) is 0 Å². The van der Waals surface area contributed by atoms with Crippen LogP contribution in [0.3, 0.4) is 0 Å². The van der Waals surface area contributed by atoms with Crippen molar-refractivity contribution in [1.82, 2.24) is 0 Å². The van der Waals surface area contributed by atoms with Crippen molar-refractivity contribution in [2.75, 3.05) is 7.11 Å². The molecule has 0 bridgehead atoms. The molecule has 0 heterocycles. The molecule has 0 aromatic heterocycles. The number of carbonyl (C=O) groups is 1. The molecule has 0 amide bonds. The normalized spacial score (nSPS) is 10.5. The summed E-state index contributed by atoms with van der Waals surface area (Å²) < 4.78 is 5.11. The summed E-state index contributed by atoms with van der Waals surface area (Å²) in [7, 11) is 1.62. The molecule has 74 valence electrons. The van der Waals surface area contributed by atoms with Crippen LogP contribution in [-0.4, -0.2) is 12.9 Å². The van der Waals surface area contributed by atoms with E-state index in [1.54, 1.807) is 25.3 Å². The number of carbonyl (C=O) groups excluding carboxylic acids is 1. The highest BCUT2D eigenvalue weighted by Crippen LogP contribution is 2.18. The van der Waals surface area contributed by atoms with Gasteiger partial charge >= 0.3 is 0 Å². The molecular weight excluding hydrogens is 176 g/mol. The lowest BCUT2D eigenvalue weighted by atomic mass is 10.1. The first kappa shape index (κ1) is 10.5. The van der Waals surface area contributed by atoms with Crippen LogP contribution in [0.4, 0.5) is 0 Å². The maximum atomic E-state index is 11.5. The molecule has 0 fully saturated rings. The Morgan fingerprint density at radius 1 is 1.43 bits per heavy atom. The molecule has 0 aliphatic heterocycles. The van der Waals surface area contributed by atoms with Crippen LogP contribution in [0.25, 0.3) is 0 Å². The number of aryl methyl sites for hydroxylation is 1. The summed E-state index contributed by atoms with van der Waals surface area (Å²) in [6.45, 7) is 3.75. The molecule has 0 radical (unpaired) electrons. The predicted molar refractivity (Wildman–Crippen MR) is 56.9 cm³/mol. The van der Waals surface area contributed by atoms with E-state index in [1.165, 1.54) is 0 Å². The van der Waals surface area contributed by atoms with Gasteiger partial charge in [0.2, 0.25) is 0 Å². The van der Waals surface area contributed by atoms with Crippen LogP contribution < -0.4 is 4.74 Å². The first-order valence-corrected chi connectivity index (χ1v) is 4.50. The van der Waals surface area contributed by atoms with Gasteiger partial charge in [0.15, 0.2) is 5.78 Å². The Bertz CT molecular complexity index is 365. The number of ether oxygens (including phenoxy) is 1. The Hall–Kier alpha value is -1.57. The van der Waals surface area contributed by atoms with Gasteiger partial charge in [0.1, 0.15) is 5.75 Å². The predicted octanol–water partition coefficient (Wildman–Crippen LogP) is 2.76. The van der Waals surface area contributed by atoms with Crippen molar-refractivity contribution in [2.24, 2.45) is 0 Å². The van der Waals surface area contributed by atoms with E-state index in [1.807, 2.05) is 26.0 Å². The molecule has 0 unspecified atom stereocenters. The van der Waals surface area contributed by atoms with E-state index in [4.69, 9.17) is 4.74 Å². The zero-order valence-electron chi connectivity index (χ0n) is 8.70. The monoisotopic (exact) mass is 190 g/mol. The van der Waals surface area contributed by atoms with Crippen molar-refractivity contribution < 1.29 is 9.53 Å². The molecule has 0 saturated carbocycles. The van der Waals surface area contributed by atoms with Crippen LogP contribution >= 0.6 is 0 Å². The Labute approximate surface area is 84.2 Å². The standard InChI is InChI=1S/C12H14O2/c1-4-5-11(13)10-6-7-12(14-3)9(2)8-10/h4-8H,1-3H3. The van der Waals surface area contributed by atoms with Crippen molar-refractivity contribution in [2.45, 2.75) is 13.8 Å². The van der Waals surface area contributed by atoms with E-state index in [0.29, 0.717) is 5.56 Å². The Kier molecular flexibility index (Phi) is 3.46. The summed E-state index contributed by atoms with van der Waals surface area (Å²) >= 11 is 0. The van der Waals surface area contributed by atoms with E-state index >= 15 is 0 Å². The van der Waals surface area contributed by atoms with Crippen LogP contribution in [-0.2, 0) is 0 Å². The van der Waals surface area contributed by atoms with Crippen molar-refractivity contribution in [3.8, 4) is 5.75 Å². The summed E-state index contributed by atoms with van der Waals surface area (Å²) in [4.78, 5) is 11.5. The molecule has 1 rings (SSSR count). The smallest absolute Gasteiger partial charge is 0.185 e. The molecule has 2 heteroatoms. The Morgan fingerprint density at radius 3 is 2.64 bits per heavy atom. The summed E-state index contributed by atoms with van der Waals surface area (Å²) in [6.07, 6.45) is 3.29. The second-order valence-corrected chi connectivity index (χ2v) is 3.05. The Balaban J connectivity index is 3.02. The maximum Gasteiger partial charge on any atom is 0.185 e. The molecule has 0 N–H and O–H groups in total. The van der Waals surface area contributed by atoms with Crippen LogP contribution in [0.1, 0.15) is 22.8 Å². The average Bonchev–Trinajstić information content (AvgIpc) is 2.18. The topological polar surface area (TPSA) is 26.3 Å². The van der Waals surface area contributed by atoms with Gasteiger partial charge in [-0.2, -0.15) is 0 Å². The van der Waals surface area contributed by atoms with Gasteiger partial charge < -0.3 is 4.74 Å². The summed E-state index contributed by atoms with van der Waals surface area (Å²) in [5.41, 5.74) is 1.67. The number of rotatable bonds is 3. The van der Waals surface area contributed by atoms with Crippen LogP contribution in [0, 0.1) is 6.92 Å². The number of allylic oxidation sites excluding steroid dienone is 2. The second kappa shape index (κ2) is 4.61. The van der Waals surface area contributed by atoms with Crippen molar-refractivity contribution in [1.29, 1.82) is 0 Å². The van der Waals surface area contributed by atoms with E-state index in [-0.39, 0.29) is 5.78 Å². The van der Waals surface area contributed by atoms with E-state index in [9.17, 15) is 4.79 Å². The summed E-state index contributed by atoms with van der Waals surface area (Å²) in [6, 6.07) is 5.42. The van der Waals surface area contributed by atoms with Gasteiger partial charge in [0.25, 0.3) is 0 Å². The SMILES string of the molecule is CC=CC(=O)c1ccc(OC)c(C)c1. The molecule has 14 heavy (non-hydrogen) atoms. The van der Waals surface area contributed by atoms with Gasteiger partial charge in [0.05, 0.1) is 7.11 Å². The van der Waals surface area contributed by atoms with Gasteiger partial charge in [-0.25, -0.2) is 0 Å². The number of methoxy groups -OCH3 is 1. The molecule has 0 atom stereocenters. The summed E-state index contributed by atoms with van der Waals surface area (Å²) in [5.74, 6) is 0.834. The molecule has 2 nitrogen and oxygen atoms in total. The average molecular weight is 190 g/mol. The highest BCUT2D eigenvalue weighted by Gasteiger charge is 2.04. The molecule has 0 saturated heterocycles. The first-order valence-electron chi connectivity index (χ1n) is 4.50. The molecular formula is C12H14O2. The molecule has 0 aliphatic carbocycles. The van der Waals surface area contributed by atoms with E-state index < -0.39 is 0 Å². The lowest BCUT2D eigenvalue weighted by Crippen LogP contribution is -1.96. The highest BCUT2D eigenvalue weighted by atomic mass is 16.5. The molecule has 1 aromatic rings. The summed E-state index contributed by atoms with van der Waals surface area (Å²) in [5, 5.41) is 0. The third-order valence-corrected chi connectivity index (χ3v) is 2.00. The Morgan fingerprint density at radius 2 is 2.14 bits per heavy atom. The van der Waals surface area contributed by atoms with Crippen LogP contribution in [0.15, 0.2) is 30.4 Å². The van der Waals surface area contributed by atoms with Crippen molar-refractivity contribution >= 4 is 5.78 Å². The lowest BCUT2D eigenvalue weighted by Gasteiger charge is -2.04. The largest absolute Gasteiger partial charge is 0.496 e. The van der Waals surface area contributed by atoms with Gasteiger partial charge in [-0.15, -0.1) is 0 Å². The minimum atomic E-state index is 0.0262. The zero-order valence-corrected chi connectivity index (χ0v) is 8.70. The van der Waals surface area contributed by atoms with E-state index in [0.717, 1.165) is 11.3 Å². The van der Waals surface area contributed by atoms with Crippen LogP contribution in [0.5, 0.6) is 5.75 Å². The van der Waals surface area contributed by atoms with Gasteiger partial charge in [-0.05, 0) is 43.7 Å². The number of benzene rings is 1. The molecule has 1 aromatic carbocycles. The number of hydrogen-bond donors (Lipinski definition) is 0. The first-order chi connectivity index (χ1) is 6.69. The minimum Gasteiger partial charge on any atom is -0.496 e. The fourth-order valence-electron chi connectivity index (χ4n) is 1.28. The maximum absolute atomic E-state index is 11.5. The fraction of sp³-hybridized carbons (Fsp3) is 0.250. The fourth-order valence-corrected chi connectivity index (χ4v) is 1.28. The second-order valence-electron chi connectivity index (χ2n) is 3.05. The quantitative estimate of drug-likeness (QED) is 0.541. The van der Waals surface area contributed by atoms with Crippen molar-refractivity contribution in [3.05, 3.63) is 41.5 Å².